The highest BCUT2D eigenvalue weighted by Crippen LogP contribution is 2.31. The van der Waals surface area contributed by atoms with Crippen molar-refractivity contribution in [1.82, 2.24) is 14.9 Å². The van der Waals surface area contributed by atoms with Gasteiger partial charge in [0.1, 0.15) is 5.82 Å². The zero-order valence-electron chi connectivity index (χ0n) is 15.2. The van der Waals surface area contributed by atoms with Crippen molar-refractivity contribution in [2.75, 3.05) is 6.54 Å². The third-order valence-electron chi connectivity index (χ3n) is 5.15. The molecule has 0 aliphatic heterocycles. The summed E-state index contributed by atoms with van der Waals surface area (Å²) in [5.74, 6) is 1.51. The molecule has 3 N–H and O–H groups in total. The minimum atomic E-state index is -0.00513. The van der Waals surface area contributed by atoms with E-state index < -0.39 is 0 Å². The van der Waals surface area contributed by atoms with Gasteiger partial charge in [0, 0.05) is 24.0 Å². The summed E-state index contributed by atoms with van der Waals surface area (Å²) < 4.78 is 2.04. The molecular weight excluding hydrogens is 371 g/mol. The van der Waals surface area contributed by atoms with Crippen molar-refractivity contribution in [3.8, 4) is 5.69 Å². The Morgan fingerprint density at radius 2 is 2.00 bits per heavy atom. The second-order valence-corrected chi connectivity index (χ2v) is 6.70. The number of benzene rings is 1. The summed E-state index contributed by atoms with van der Waals surface area (Å²) in [6, 6.07) is 8.24. The normalized spacial score (nSPS) is 20.0. The number of hydrogen-bond acceptors (Lipinski definition) is 3. The summed E-state index contributed by atoms with van der Waals surface area (Å²) in [5, 5.41) is 3.15. The van der Waals surface area contributed by atoms with Crippen LogP contribution in [0.4, 0.5) is 0 Å². The average molecular weight is 399 g/mol. The molecule has 3 rings (SSSR count). The Labute approximate surface area is 167 Å². The zero-order chi connectivity index (χ0) is 17.1. The van der Waals surface area contributed by atoms with Crippen LogP contribution in [0.1, 0.15) is 43.6 Å². The Bertz CT molecular complexity index is 702. The van der Waals surface area contributed by atoms with Crippen LogP contribution in [0.5, 0.6) is 0 Å². The third-order valence-corrected chi connectivity index (χ3v) is 5.15. The van der Waals surface area contributed by atoms with Crippen LogP contribution >= 0.6 is 24.8 Å². The van der Waals surface area contributed by atoms with Gasteiger partial charge in [0.05, 0.1) is 6.04 Å². The molecule has 1 fully saturated rings. The summed E-state index contributed by atoms with van der Waals surface area (Å²) in [7, 11) is 0. The molecular formula is C19H28Cl2N4O. The lowest BCUT2D eigenvalue weighted by Gasteiger charge is -2.21. The highest BCUT2D eigenvalue weighted by atomic mass is 35.5. The highest BCUT2D eigenvalue weighted by Gasteiger charge is 2.32. The maximum Gasteiger partial charge on any atom is 0.223 e. The van der Waals surface area contributed by atoms with Crippen LogP contribution in [0.25, 0.3) is 5.69 Å². The number of nitrogens with zero attached hydrogens (tertiary/aromatic N) is 2. The highest BCUT2D eigenvalue weighted by molar-refractivity contribution is 5.85. The first-order valence-electron chi connectivity index (χ1n) is 8.71. The van der Waals surface area contributed by atoms with Gasteiger partial charge in [0.2, 0.25) is 5.91 Å². The molecule has 5 nitrogen and oxygen atoms in total. The van der Waals surface area contributed by atoms with E-state index in [9.17, 15) is 4.79 Å². The molecule has 0 bridgehead atoms. The molecule has 26 heavy (non-hydrogen) atoms. The van der Waals surface area contributed by atoms with E-state index in [1.807, 2.05) is 24.6 Å². The lowest BCUT2D eigenvalue weighted by atomic mass is 9.94. The molecule has 0 radical (unpaired) electrons. The number of hydrogen-bond donors (Lipinski definition) is 2. The maximum atomic E-state index is 12.5. The molecule has 2 aromatic rings. The summed E-state index contributed by atoms with van der Waals surface area (Å²) >= 11 is 0. The standard InChI is InChI=1S/C19H26N4O.2ClH/c1-13(22-19(24)18-5-3-4-16(18)12-20)15-6-8-17(9-7-15)23-11-10-21-14(23)2;;/h6-11,13,16,18H,3-5,12,20H2,1-2H3,(H,22,24);2*1H/t13?,16-,18-;;/m1../s1. The first-order valence-corrected chi connectivity index (χ1v) is 8.71. The number of imidazole rings is 1. The van der Waals surface area contributed by atoms with Crippen LogP contribution in [0.3, 0.4) is 0 Å². The number of aryl methyl sites for hydroxylation is 1. The first-order chi connectivity index (χ1) is 11.6. The summed E-state index contributed by atoms with van der Waals surface area (Å²) in [6.45, 7) is 4.61. The van der Waals surface area contributed by atoms with Crippen molar-refractivity contribution in [2.45, 2.75) is 39.2 Å². The van der Waals surface area contributed by atoms with Gasteiger partial charge in [-0.15, -0.1) is 24.8 Å². The summed E-state index contributed by atoms with van der Waals surface area (Å²) in [6.07, 6.45) is 6.87. The van der Waals surface area contributed by atoms with E-state index in [0.29, 0.717) is 12.5 Å². The number of nitrogens with two attached hydrogens (primary N) is 1. The monoisotopic (exact) mass is 398 g/mol. The van der Waals surface area contributed by atoms with Gasteiger partial charge in [0.15, 0.2) is 0 Å². The quantitative estimate of drug-likeness (QED) is 0.807. The molecule has 1 aromatic carbocycles. The summed E-state index contributed by atoms with van der Waals surface area (Å²) in [5.41, 5.74) is 7.97. The average Bonchev–Trinajstić information content (AvgIpc) is 3.23. The number of carbonyl (C=O) groups excluding carboxylic acids is 1. The van der Waals surface area contributed by atoms with Crippen LogP contribution in [0, 0.1) is 18.8 Å². The lowest BCUT2D eigenvalue weighted by molar-refractivity contribution is -0.126. The SMILES string of the molecule is Cc1nccn1-c1ccc(C(C)NC(=O)[C@@H]2CCC[C@@H]2CN)cc1.Cl.Cl. The minimum absolute atomic E-state index is 0. The van der Waals surface area contributed by atoms with E-state index in [1.165, 1.54) is 0 Å². The summed E-state index contributed by atoms with van der Waals surface area (Å²) in [4.78, 5) is 16.8. The number of aromatic nitrogens is 2. The van der Waals surface area contributed by atoms with Crippen LogP contribution in [0.15, 0.2) is 36.7 Å². The fourth-order valence-electron chi connectivity index (χ4n) is 3.64. The van der Waals surface area contributed by atoms with Gasteiger partial charge in [-0.25, -0.2) is 4.98 Å². The number of nitrogens with one attached hydrogen (secondary N) is 1. The van der Waals surface area contributed by atoms with Crippen LogP contribution in [0.2, 0.25) is 0 Å². The van der Waals surface area contributed by atoms with Crippen molar-refractivity contribution in [1.29, 1.82) is 0 Å². The van der Waals surface area contributed by atoms with Crippen molar-refractivity contribution >= 4 is 30.7 Å². The lowest BCUT2D eigenvalue weighted by Crippen LogP contribution is -2.36. The molecule has 144 valence electrons. The van der Waals surface area contributed by atoms with E-state index in [4.69, 9.17) is 5.73 Å². The fourth-order valence-corrected chi connectivity index (χ4v) is 3.64. The van der Waals surface area contributed by atoms with Gasteiger partial charge in [-0.2, -0.15) is 0 Å². The van der Waals surface area contributed by atoms with Crippen LogP contribution < -0.4 is 11.1 Å². The van der Waals surface area contributed by atoms with Crippen molar-refractivity contribution in [3.63, 3.8) is 0 Å². The molecule has 1 aliphatic rings. The van der Waals surface area contributed by atoms with Gasteiger partial charge in [-0.1, -0.05) is 18.6 Å². The predicted molar refractivity (Wildman–Crippen MR) is 109 cm³/mol. The molecule has 1 amide bonds. The second-order valence-electron chi connectivity index (χ2n) is 6.70. The largest absolute Gasteiger partial charge is 0.349 e. The molecule has 1 heterocycles. The predicted octanol–water partition coefficient (Wildman–Crippen LogP) is 3.58. The van der Waals surface area contributed by atoms with Gasteiger partial charge < -0.3 is 15.6 Å². The molecule has 1 aliphatic carbocycles. The Morgan fingerprint density at radius 1 is 1.31 bits per heavy atom. The van der Waals surface area contributed by atoms with Gasteiger partial charge in [-0.05, 0) is 56.8 Å². The minimum Gasteiger partial charge on any atom is -0.349 e. The molecule has 0 saturated heterocycles. The van der Waals surface area contributed by atoms with Crippen LogP contribution in [-0.2, 0) is 4.79 Å². The number of carbonyl (C=O) groups is 1. The fraction of sp³-hybridized carbons (Fsp3) is 0.474. The van der Waals surface area contributed by atoms with E-state index in [2.05, 4.69) is 34.6 Å². The Kier molecular flexibility index (Phi) is 8.60. The Balaban J connectivity index is 0.00000169. The number of amides is 1. The third kappa shape index (κ3) is 4.78. The van der Waals surface area contributed by atoms with E-state index in [0.717, 1.165) is 36.3 Å². The molecule has 3 atom stereocenters. The molecule has 1 unspecified atom stereocenters. The van der Waals surface area contributed by atoms with Crippen molar-refractivity contribution in [2.24, 2.45) is 17.6 Å². The van der Waals surface area contributed by atoms with Crippen molar-refractivity contribution < 1.29 is 4.79 Å². The number of rotatable bonds is 5. The Morgan fingerprint density at radius 3 is 2.58 bits per heavy atom. The molecule has 1 aromatic heterocycles. The Hall–Kier alpha value is -1.56. The topological polar surface area (TPSA) is 72.9 Å². The molecule has 0 spiro atoms. The van der Waals surface area contributed by atoms with E-state index >= 15 is 0 Å². The van der Waals surface area contributed by atoms with E-state index in [1.54, 1.807) is 6.20 Å². The van der Waals surface area contributed by atoms with Gasteiger partial charge >= 0.3 is 0 Å². The van der Waals surface area contributed by atoms with Gasteiger partial charge in [0.25, 0.3) is 0 Å². The molecule has 1 saturated carbocycles. The maximum absolute atomic E-state index is 12.5. The smallest absolute Gasteiger partial charge is 0.223 e. The first kappa shape index (κ1) is 22.5. The van der Waals surface area contributed by atoms with Crippen LogP contribution in [-0.4, -0.2) is 22.0 Å². The molecule has 7 heteroatoms. The van der Waals surface area contributed by atoms with Crippen molar-refractivity contribution in [3.05, 3.63) is 48.0 Å². The van der Waals surface area contributed by atoms with E-state index in [-0.39, 0.29) is 42.7 Å². The second kappa shape index (κ2) is 9.95. The number of halogens is 2. The zero-order valence-corrected chi connectivity index (χ0v) is 16.9. The van der Waals surface area contributed by atoms with Gasteiger partial charge in [-0.3, -0.25) is 4.79 Å².